The second-order valence-electron chi connectivity index (χ2n) is 6.59. The number of anilines is 1. The van der Waals surface area contributed by atoms with Crippen molar-refractivity contribution >= 4 is 29.1 Å². The third-order valence-corrected chi connectivity index (χ3v) is 4.64. The molecule has 0 aliphatic heterocycles. The van der Waals surface area contributed by atoms with Gasteiger partial charge in [0.1, 0.15) is 5.82 Å². The van der Waals surface area contributed by atoms with Gasteiger partial charge in [-0.1, -0.05) is 29.8 Å². The van der Waals surface area contributed by atoms with Crippen LogP contribution >= 0.6 is 11.6 Å². The molecule has 1 fully saturated rings. The van der Waals surface area contributed by atoms with E-state index in [-0.39, 0.29) is 35.4 Å². The van der Waals surface area contributed by atoms with E-state index in [1.165, 1.54) is 25.0 Å². The molecular formula is C20H21ClFN3O2. The van der Waals surface area contributed by atoms with Gasteiger partial charge in [0.05, 0.1) is 17.1 Å². The molecule has 2 aromatic rings. The van der Waals surface area contributed by atoms with E-state index in [1.807, 2.05) is 0 Å². The summed E-state index contributed by atoms with van der Waals surface area (Å²) in [6, 6.07) is 10.9. The number of hydrogen-bond acceptors (Lipinski definition) is 3. The maximum Gasteiger partial charge on any atom is 0.253 e. The summed E-state index contributed by atoms with van der Waals surface area (Å²) in [5, 5.41) is 8.75. The predicted octanol–water partition coefficient (Wildman–Crippen LogP) is 3.35. The van der Waals surface area contributed by atoms with Crippen molar-refractivity contribution in [2.75, 3.05) is 18.4 Å². The van der Waals surface area contributed by atoms with Gasteiger partial charge in [-0.2, -0.15) is 0 Å². The van der Waals surface area contributed by atoms with Crippen LogP contribution < -0.4 is 16.0 Å². The van der Waals surface area contributed by atoms with Crippen LogP contribution in [0.2, 0.25) is 5.02 Å². The molecule has 0 radical (unpaired) electrons. The molecule has 1 saturated carbocycles. The van der Waals surface area contributed by atoms with Gasteiger partial charge in [-0.15, -0.1) is 0 Å². The molecule has 0 spiro atoms. The van der Waals surface area contributed by atoms with Crippen LogP contribution in [0.4, 0.5) is 10.1 Å². The Balaban J connectivity index is 1.57. The van der Waals surface area contributed by atoms with Crippen LogP contribution in [0.1, 0.15) is 28.8 Å². The third kappa shape index (κ3) is 5.77. The smallest absolute Gasteiger partial charge is 0.253 e. The lowest BCUT2D eigenvalue weighted by Crippen LogP contribution is -2.29. The number of amides is 2. The van der Waals surface area contributed by atoms with Crippen molar-refractivity contribution in [3.63, 3.8) is 0 Å². The van der Waals surface area contributed by atoms with Crippen molar-refractivity contribution in [3.8, 4) is 0 Å². The SMILES string of the molecule is O=C(CNCC1CC1)Nc1ccc(Cl)c(C(=O)NCc2ccccc2F)c1. The van der Waals surface area contributed by atoms with Crippen LogP contribution in [-0.2, 0) is 11.3 Å². The zero-order valence-electron chi connectivity index (χ0n) is 14.7. The van der Waals surface area contributed by atoms with E-state index in [1.54, 1.807) is 30.3 Å². The van der Waals surface area contributed by atoms with Crippen molar-refractivity contribution in [2.45, 2.75) is 19.4 Å². The Morgan fingerprint density at radius 2 is 1.93 bits per heavy atom. The number of halogens is 2. The van der Waals surface area contributed by atoms with Crippen LogP contribution in [0.25, 0.3) is 0 Å². The maximum absolute atomic E-state index is 13.7. The van der Waals surface area contributed by atoms with E-state index in [0.717, 1.165) is 6.54 Å². The number of rotatable bonds is 8. The number of benzene rings is 2. The molecule has 0 unspecified atom stereocenters. The highest BCUT2D eigenvalue weighted by Gasteiger charge is 2.20. The lowest BCUT2D eigenvalue weighted by atomic mass is 10.1. The van der Waals surface area contributed by atoms with Crippen LogP contribution in [0.3, 0.4) is 0 Å². The molecule has 7 heteroatoms. The van der Waals surface area contributed by atoms with Gasteiger partial charge in [-0.25, -0.2) is 4.39 Å². The topological polar surface area (TPSA) is 70.2 Å². The Bertz CT molecular complexity index is 840. The van der Waals surface area contributed by atoms with Crippen molar-refractivity contribution in [1.29, 1.82) is 0 Å². The van der Waals surface area contributed by atoms with Gasteiger partial charge >= 0.3 is 0 Å². The van der Waals surface area contributed by atoms with Crippen LogP contribution in [0.5, 0.6) is 0 Å². The molecule has 0 saturated heterocycles. The fourth-order valence-corrected chi connectivity index (χ4v) is 2.81. The summed E-state index contributed by atoms with van der Waals surface area (Å²) in [4.78, 5) is 24.4. The molecule has 0 aromatic heterocycles. The Morgan fingerprint density at radius 1 is 1.15 bits per heavy atom. The molecule has 3 rings (SSSR count). The highest BCUT2D eigenvalue weighted by atomic mass is 35.5. The molecule has 2 amide bonds. The van der Waals surface area contributed by atoms with Crippen molar-refractivity contribution in [3.05, 3.63) is 64.4 Å². The monoisotopic (exact) mass is 389 g/mol. The lowest BCUT2D eigenvalue weighted by Gasteiger charge is -2.11. The fraction of sp³-hybridized carbons (Fsp3) is 0.300. The van der Waals surface area contributed by atoms with Gasteiger partial charge in [-0.3, -0.25) is 9.59 Å². The van der Waals surface area contributed by atoms with E-state index in [0.29, 0.717) is 17.2 Å². The lowest BCUT2D eigenvalue weighted by molar-refractivity contribution is -0.115. The predicted molar refractivity (Wildman–Crippen MR) is 103 cm³/mol. The summed E-state index contributed by atoms with van der Waals surface area (Å²) in [6.45, 7) is 1.11. The second-order valence-corrected chi connectivity index (χ2v) is 7.00. The summed E-state index contributed by atoms with van der Waals surface area (Å²) in [5.41, 5.74) is 1.08. The average Bonchev–Trinajstić information content (AvgIpc) is 3.47. The van der Waals surface area contributed by atoms with Crippen LogP contribution in [-0.4, -0.2) is 24.9 Å². The molecule has 142 valence electrons. The van der Waals surface area contributed by atoms with Gasteiger partial charge in [0.25, 0.3) is 5.91 Å². The fourth-order valence-electron chi connectivity index (χ4n) is 2.61. The standard InChI is InChI=1S/C20H21ClFN3O2/c21-17-8-7-15(25-19(26)12-23-10-13-5-6-13)9-16(17)20(27)24-11-14-3-1-2-4-18(14)22/h1-4,7-9,13,23H,5-6,10-12H2,(H,24,27)(H,25,26). The first-order valence-electron chi connectivity index (χ1n) is 8.84. The van der Waals surface area contributed by atoms with Crippen molar-refractivity contribution in [1.82, 2.24) is 10.6 Å². The Kier molecular flexibility index (Phi) is 6.42. The quantitative estimate of drug-likeness (QED) is 0.648. The second kappa shape index (κ2) is 8.97. The molecular weight excluding hydrogens is 369 g/mol. The third-order valence-electron chi connectivity index (χ3n) is 4.31. The summed E-state index contributed by atoms with van der Waals surface area (Å²) < 4.78 is 13.7. The van der Waals surface area contributed by atoms with E-state index in [9.17, 15) is 14.0 Å². The zero-order chi connectivity index (χ0) is 19.2. The molecule has 0 atom stereocenters. The van der Waals surface area contributed by atoms with Gasteiger partial charge < -0.3 is 16.0 Å². The molecule has 27 heavy (non-hydrogen) atoms. The summed E-state index contributed by atoms with van der Waals surface area (Å²) in [7, 11) is 0. The Hall–Kier alpha value is -2.44. The first-order valence-corrected chi connectivity index (χ1v) is 9.22. The highest BCUT2D eigenvalue weighted by Crippen LogP contribution is 2.27. The molecule has 2 aromatic carbocycles. The Labute approximate surface area is 162 Å². The minimum Gasteiger partial charge on any atom is -0.348 e. The van der Waals surface area contributed by atoms with E-state index >= 15 is 0 Å². The summed E-state index contributed by atoms with van der Waals surface area (Å²) in [6.07, 6.45) is 2.44. The van der Waals surface area contributed by atoms with Crippen molar-refractivity contribution < 1.29 is 14.0 Å². The minimum absolute atomic E-state index is 0.0451. The number of carbonyl (C=O) groups excluding carboxylic acids is 2. The van der Waals surface area contributed by atoms with E-state index < -0.39 is 5.91 Å². The number of carbonyl (C=O) groups is 2. The van der Waals surface area contributed by atoms with E-state index in [4.69, 9.17) is 11.6 Å². The van der Waals surface area contributed by atoms with Crippen molar-refractivity contribution in [2.24, 2.45) is 5.92 Å². The van der Waals surface area contributed by atoms with Gasteiger partial charge in [0.15, 0.2) is 0 Å². The zero-order valence-corrected chi connectivity index (χ0v) is 15.5. The molecule has 0 heterocycles. The summed E-state index contributed by atoms with van der Waals surface area (Å²) >= 11 is 6.11. The summed E-state index contributed by atoms with van der Waals surface area (Å²) in [5.74, 6) is -0.316. The first kappa shape index (κ1) is 19.3. The largest absolute Gasteiger partial charge is 0.348 e. The van der Waals surface area contributed by atoms with Crippen LogP contribution in [0, 0.1) is 11.7 Å². The number of nitrogens with one attached hydrogen (secondary N) is 3. The molecule has 5 nitrogen and oxygen atoms in total. The average molecular weight is 390 g/mol. The Morgan fingerprint density at radius 3 is 2.67 bits per heavy atom. The number of hydrogen-bond donors (Lipinski definition) is 3. The normalized spacial score (nSPS) is 13.3. The molecule has 0 bridgehead atoms. The molecule has 1 aliphatic carbocycles. The van der Waals surface area contributed by atoms with E-state index in [2.05, 4.69) is 16.0 Å². The molecule has 1 aliphatic rings. The van der Waals surface area contributed by atoms with Gasteiger partial charge in [0.2, 0.25) is 5.91 Å². The highest BCUT2D eigenvalue weighted by molar-refractivity contribution is 6.34. The maximum atomic E-state index is 13.7. The van der Waals surface area contributed by atoms with Gasteiger partial charge in [-0.05, 0) is 49.6 Å². The first-order chi connectivity index (χ1) is 13.0. The molecule has 3 N–H and O–H groups in total. The van der Waals surface area contributed by atoms with Crippen LogP contribution in [0.15, 0.2) is 42.5 Å². The minimum atomic E-state index is -0.439. The van der Waals surface area contributed by atoms with Gasteiger partial charge in [0, 0.05) is 17.8 Å².